The Balaban J connectivity index is 1.55. The average molecular weight is 352 g/mol. The van der Waals surface area contributed by atoms with Crippen LogP contribution in [0.5, 0.6) is 0 Å². The maximum absolute atomic E-state index is 13.4. The highest BCUT2D eigenvalue weighted by atomic mass is 19.2. The third-order valence-corrected chi connectivity index (χ3v) is 5.64. The van der Waals surface area contributed by atoms with Crippen molar-refractivity contribution in [1.82, 2.24) is 9.80 Å². The van der Waals surface area contributed by atoms with Crippen LogP contribution in [0.25, 0.3) is 0 Å². The number of aliphatic hydroxyl groups excluding tert-OH is 1. The number of carbonyl (C=O) groups excluding carboxylic acids is 1. The number of halogens is 2. The van der Waals surface area contributed by atoms with Gasteiger partial charge in [-0.2, -0.15) is 0 Å². The van der Waals surface area contributed by atoms with Gasteiger partial charge in [-0.25, -0.2) is 8.78 Å². The van der Waals surface area contributed by atoms with Crippen LogP contribution in [-0.4, -0.2) is 53.6 Å². The van der Waals surface area contributed by atoms with Crippen LogP contribution in [-0.2, 0) is 11.3 Å². The number of benzene rings is 1. The number of aliphatic hydroxyl groups is 1. The highest BCUT2D eigenvalue weighted by molar-refractivity contribution is 5.77. The molecule has 1 spiro atoms. The van der Waals surface area contributed by atoms with Gasteiger partial charge in [-0.15, -0.1) is 0 Å². The molecule has 1 amide bonds. The summed E-state index contributed by atoms with van der Waals surface area (Å²) < 4.78 is 26.4. The first-order chi connectivity index (χ1) is 12.0. The van der Waals surface area contributed by atoms with E-state index >= 15 is 0 Å². The zero-order chi connectivity index (χ0) is 17.9. The van der Waals surface area contributed by atoms with E-state index in [1.807, 2.05) is 4.90 Å². The van der Waals surface area contributed by atoms with E-state index in [2.05, 4.69) is 4.90 Å². The van der Waals surface area contributed by atoms with E-state index in [9.17, 15) is 13.6 Å². The molecule has 1 N–H and O–H groups in total. The van der Waals surface area contributed by atoms with Gasteiger partial charge >= 0.3 is 0 Å². The lowest BCUT2D eigenvalue weighted by molar-refractivity contribution is -0.139. The topological polar surface area (TPSA) is 43.8 Å². The highest BCUT2D eigenvalue weighted by Crippen LogP contribution is 2.40. The molecule has 0 aromatic heterocycles. The fraction of sp³-hybridized carbons (Fsp3) is 0.632. The van der Waals surface area contributed by atoms with Crippen molar-refractivity contribution in [1.29, 1.82) is 0 Å². The van der Waals surface area contributed by atoms with E-state index < -0.39 is 11.6 Å². The van der Waals surface area contributed by atoms with Gasteiger partial charge in [0.25, 0.3) is 0 Å². The van der Waals surface area contributed by atoms with Crippen molar-refractivity contribution in [2.45, 2.75) is 38.6 Å². The predicted octanol–water partition coefficient (Wildman–Crippen LogP) is 2.55. The van der Waals surface area contributed by atoms with E-state index in [-0.39, 0.29) is 17.9 Å². The minimum absolute atomic E-state index is 0.110. The molecule has 2 saturated heterocycles. The second-order valence-electron chi connectivity index (χ2n) is 7.42. The summed E-state index contributed by atoms with van der Waals surface area (Å²) in [6, 6.07) is 4.09. The van der Waals surface area contributed by atoms with Gasteiger partial charge in [0.15, 0.2) is 11.6 Å². The fourth-order valence-electron chi connectivity index (χ4n) is 4.06. The van der Waals surface area contributed by atoms with Gasteiger partial charge in [0, 0.05) is 32.7 Å². The second kappa shape index (κ2) is 7.79. The Hall–Kier alpha value is -1.53. The molecule has 138 valence electrons. The van der Waals surface area contributed by atoms with Crippen LogP contribution in [0.1, 0.15) is 37.7 Å². The summed E-state index contributed by atoms with van der Waals surface area (Å²) in [7, 11) is 0. The lowest BCUT2D eigenvalue weighted by atomic mass is 9.72. The maximum atomic E-state index is 13.4. The number of amides is 1. The molecule has 3 rings (SSSR count). The lowest BCUT2D eigenvalue weighted by Crippen LogP contribution is -2.51. The maximum Gasteiger partial charge on any atom is 0.222 e. The molecule has 0 unspecified atom stereocenters. The van der Waals surface area contributed by atoms with E-state index in [1.54, 1.807) is 6.07 Å². The summed E-state index contributed by atoms with van der Waals surface area (Å²) in [6.07, 6.45) is 4.18. The van der Waals surface area contributed by atoms with Gasteiger partial charge in [-0.1, -0.05) is 6.07 Å². The minimum atomic E-state index is -0.809. The summed E-state index contributed by atoms with van der Waals surface area (Å²) in [5.41, 5.74) is 0.965. The molecular weight excluding hydrogens is 326 g/mol. The fourth-order valence-corrected chi connectivity index (χ4v) is 4.06. The van der Waals surface area contributed by atoms with Crippen molar-refractivity contribution in [2.24, 2.45) is 5.41 Å². The average Bonchev–Trinajstić information content (AvgIpc) is 2.61. The van der Waals surface area contributed by atoms with E-state index in [0.29, 0.717) is 25.9 Å². The zero-order valence-electron chi connectivity index (χ0n) is 14.5. The van der Waals surface area contributed by atoms with Gasteiger partial charge in [0.05, 0.1) is 0 Å². The number of hydrogen-bond donors (Lipinski definition) is 1. The molecule has 25 heavy (non-hydrogen) atoms. The molecule has 2 aliphatic heterocycles. The molecule has 0 aliphatic carbocycles. The molecule has 2 aliphatic rings. The summed E-state index contributed by atoms with van der Waals surface area (Å²) in [5, 5.41) is 9.00. The first kappa shape index (κ1) is 18.3. The Morgan fingerprint density at radius 2 is 1.88 bits per heavy atom. The van der Waals surface area contributed by atoms with E-state index in [1.165, 1.54) is 12.1 Å². The first-order valence-corrected chi connectivity index (χ1v) is 9.06. The van der Waals surface area contributed by atoms with Crippen LogP contribution in [0.3, 0.4) is 0 Å². The molecule has 1 aromatic rings. The molecule has 0 bridgehead atoms. The van der Waals surface area contributed by atoms with Crippen molar-refractivity contribution in [3.8, 4) is 0 Å². The number of rotatable bonds is 5. The van der Waals surface area contributed by atoms with Gasteiger partial charge < -0.3 is 10.0 Å². The quantitative estimate of drug-likeness (QED) is 0.886. The summed E-state index contributed by atoms with van der Waals surface area (Å²) in [6.45, 7) is 3.96. The van der Waals surface area contributed by atoms with Gasteiger partial charge in [0.1, 0.15) is 0 Å². The molecule has 0 saturated carbocycles. The van der Waals surface area contributed by atoms with Gasteiger partial charge in [-0.05, 0) is 61.9 Å². The molecule has 4 nitrogen and oxygen atoms in total. The van der Waals surface area contributed by atoms with Crippen LogP contribution in [0.4, 0.5) is 8.78 Å². The van der Waals surface area contributed by atoms with Crippen molar-refractivity contribution >= 4 is 5.91 Å². The van der Waals surface area contributed by atoms with Crippen LogP contribution in [0.15, 0.2) is 18.2 Å². The van der Waals surface area contributed by atoms with Gasteiger partial charge in [0.2, 0.25) is 5.91 Å². The summed E-state index contributed by atoms with van der Waals surface area (Å²) >= 11 is 0. The smallest absolute Gasteiger partial charge is 0.222 e. The molecule has 6 heteroatoms. The monoisotopic (exact) mass is 352 g/mol. The molecule has 0 atom stereocenters. The third-order valence-electron chi connectivity index (χ3n) is 5.64. The lowest BCUT2D eigenvalue weighted by Gasteiger charge is -2.47. The standard InChI is InChI=1S/C19H26F2N2O2/c20-16-3-2-15(12-17(16)21)13-22-9-6-19(7-10-22)5-4-18(25)23(14-19)8-1-11-24/h2-3,12,24H,1,4-11,13-14H2. The molecule has 2 heterocycles. The SMILES string of the molecule is O=C1CCC2(CCN(Cc3ccc(F)c(F)c3)CC2)CN1CCCO. The molecule has 1 aromatic carbocycles. The first-order valence-electron chi connectivity index (χ1n) is 9.06. The zero-order valence-corrected chi connectivity index (χ0v) is 14.5. The van der Waals surface area contributed by atoms with Crippen molar-refractivity contribution in [3.05, 3.63) is 35.4 Å². The number of likely N-dealkylation sites (tertiary alicyclic amines) is 2. The van der Waals surface area contributed by atoms with Crippen LogP contribution < -0.4 is 0 Å². The normalized spacial score (nSPS) is 21.1. The van der Waals surface area contributed by atoms with Crippen molar-refractivity contribution in [2.75, 3.05) is 32.8 Å². The number of nitrogens with zero attached hydrogens (tertiary/aromatic N) is 2. The number of carbonyl (C=O) groups is 1. The Morgan fingerprint density at radius 1 is 1.12 bits per heavy atom. The Bertz CT molecular complexity index is 615. The molecular formula is C19H26F2N2O2. The third kappa shape index (κ3) is 4.36. The van der Waals surface area contributed by atoms with Crippen LogP contribution >= 0.6 is 0 Å². The number of hydrogen-bond acceptors (Lipinski definition) is 3. The number of piperidine rings is 2. The van der Waals surface area contributed by atoms with E-state index in [0.717, 1.165) is 44.5 Å². The molecule has 2 fully saturated rings. The van der Waals surface area contributed by atoms with Crippen molar-refractivity contribution < 1.29 is 18.7 Å². The Labute approximate surface area is 147 Å². The Morgan fingerprint density at radius 3 is 2.56 bits per heavy atom. The predicted molar refractivity (Wildman–Crippen MR) is 90.8 cm³/mol. The Kier molecular flexibility index (Phi) is 5.69. The van der Waals surface area contributed by atoms with Gasteiger partial charge in [-0.3, -0.25) is 9.69 Å². The highest BCUT2D eigenvalue weighted by Gasteiger charge is 2.40. The van der Waals surface area contributed by atoms with Crippen LogP contribution in [0.2, 0.25) is 0 Å². The van der Waals surface area contributed by atoms with Crippen LogP contribution in [0, 0.1) is 17.0 Å². The minimum Gasteiger partial charge on any atom is -0.396 e. The summed E-state index contributed by atoms with van der Waals surface area (Å²) in [4.78, 5) is 16.2. The molecule has 0 radical (unpaired) electrons. The summed E-state index contributed by atoms with van der Waals surface area (Å²) in [5.74, 6) is -1.41. The largest absolute Gasteiger partial charge is 0.396 e. The van der Waals surface area contributed by atoms with Crippen molar-refractivity contribution in [3.63, 3.8) is 0 Å². The second-order valence-corrected chi connectivity index (χ2v) is 7.42. The van der Waals surface area contributed by atoms with E-state index in [4.69, 9.17) is 5.11 Å².